The molecule has 0 spiro atoms. The monoisotopic (exact) mass is 235 g/mol. The molecule has 1 aliphatic rings. The van der Waals surface area contributed by atoms with Crippen LogP contribution in [-0.4, -0.2) is 29.2 Å². The first-order valence-electron chi connectivity index (χ1n) is 6.42. The van der Waals surface area contributed by atoms with Crippen molar-refractivity contribution in [2.45, 2.75) is 38.8 Å². The molecule has 1 saturated heterocycles. The van der Waals surface area contributed by atoms with Gasteiger partial charge in [0, 0.05) is 37.8 Å². The summed E-state index contributed by atoms with van der Waals surface area (Å²) in [6.07, 6.45) is 7.96. The van der Waals surface area contributed by atoms with Gasteiger partial charge in [-0.1, -0.05) is 6.92 Å². The van der Waals surface area contributed by atoms with Gasteiger partial charge in [-0.25, -0.2) is 0 Å². The SMILES string of the molecule is CCC1OCCC1CNC(C)c1cnccn1. The fraction of sp³-hybridized carbons (Fsp3) is 0.692. The third-order valence-electron chi connectivity index (χ3n) is 3.46. The molecule has 0 radical (unpaired) electrons. The van der Waals surface area contributed by atoms with Crippen LogP contribution in [0.25, 0.3) is 0 Å². The zero-order valence-electron chi connectivity index (χ0n) is 10.6. The predicted molar refractivity (Wildman–Crippen MR) is 66.6 cm³/mol. The molecule has 0 aliphatic carbocycles. The van der Waals surface area contributed by atoms with Crippen LogP contribution in [0.1, 0.15) is 38.4 Å². The largest absolute Gasteiger partial charge is 0.378 e. The highest BCUT2D eigenvalue weighted by Crippen LogP contribution is 2.23. The molecular weight excluding hydrogens is 214 g/mol. The Labute approximate surface area is 103 Å². The van der Waals surface area contributed by atoms with Crippen LogP contribution in [0, 0.1) is 5.92 Å². The van der Waals surface area contributed by atoms with E-state index in [9.17, 15) is 0 Å². The van der Waals surface area contributed by atoms with E-state index in [1.165, 1.54) is 6.42 Å². The van der Waals surface area contributed by atoms with Gasteiger partial charge in [0.15, 0.2) is 0 Å². The Bertz CT molecular complexity index is 331. The second-order valence-electron chi connectivity index (χ2n) is 4.63. The lowest BCUT2D eigenvalue weighted by molar-refractivity contribution is 0.0867. The fourth-order valence-electron chi connectivity index (χ4n) is 2.34. The van der Waals surface area contributed by atoms with E-state index in [1.54, 1.807) is 12.4 Å². The molecule has 0 amide bonds. The van der Waals surface area contributed by atoms with Gasteiger partial charge in [0.1, 0.15) is 0 Å². The van der Waals surface area contributed by atoms with Crippen LogP contribution in [0.4, 0.5) is 0 Å². The summed E-state index contributed by atoms with van der Waals surface area (Å²) in [5.74, 6) is 0.638. The molecule has 4 nitrogen and oxygen atoms in total. The maximum atomic E-state index is 5.68. The van der Waals surface area contributed by atoms with Gasteiger partial charge < -0.3 is 10.1 Å². The standard InChI is InChI=1S/C13H21N3O/c1-3-13-11(4-7-17-13)8-16-10(2)12-9-14-5-6-15-12/h5-6,9-11,13,16H,3-4,7-8H2,1-2H3. The minimum atomic E-state index is 0.252. The van der Waals surface area contributed by atoms with E-state index >= 15 is 0 Å². The average molecular weight is 235 g/mol. The highest BCUT2D eigenvalue weighted by molar-refractivity contribution is 5.00. The Balaban J connectivity index is 1.82. The molecule has 3 atom stereocenters. The number of nitrogens with one attached hydrogen (secondary N) is 1. The molecule has 4 heteroatoms. The minimum Gasteiger partial charge on any atom is -0.378 e. The van der Waals surface area contributed by atoms with Gasteiger partial charge in [0.25, 0.3) is 0 Å². The van der Waals surface area contributed by atoms with Crippen LogP contribution < -0.4 is 5.32 Å². The van der Waals surface area contributed by atoms with E-state index in [2.05, 4.69) is 29.1 Å². The molecule has 0 bridgehead atoms. The first-order valence-corrected chi connectivity index (χ1v) is 6.42. The van der Waals surface area contributed by atoms with Crippen LogP contribution in [0.3, 0.4) is 0 Å². The normalized spacial score (nSPS) is 26.0. The molecule has 0 aromatic carbocycles. The van der Waals surface area contributed by atoms with Gasteiger partial charge in [0.2, 0.25) is 0 Å². The van der Waals surface area contributed by atoms with Gasteiger partial charge in [-0.05, 0) is 25.7 Å². The second kappa shape index (κ2) is 6.07. The topological polar surface area (TPSA) is 47.0 Å². The van der Waals surface area contributed by atoms with E-state index < -0.39 is 0 Å². The zero-order chi connectivity index (χ0) is 12.1. The number of ether oxygens (including phenoxy) is 1. The van der Waals surface area contributed by atoms with Gasteiger partial charge >= 0.3 is 0 Å². The number of rotatable bonds is 5. The van der Waals surface area contributed by atoms with Crippen molar-refractivity contribution >= 4 is 0 Å². The molecule has 1 fully saturated rings. The second-order valence-corrected chi connectivity index (χ2v) is 4.63. The number of hydrogen-bond acceptors (Lipinski definition) is 4. The van der Waals surface area contributed by atoms with Gasteiger partial charge in [-0.15, -0.1) is 0 Å². The van der Waals surface area contributed by atoms with Crippen molar-refractivity contribution in [2.75, 3.05) is 13.2 Å². The number of aromatic nitrogens is 2. The van der Waals surface area contributed by atoms with Crippen molar-refractivity contribution in [2.24, 2.45) is 5.92 Å². The molecular formula is C13H21N3O. The molecule has 3 unspecified atom stereocenters. The maximum Gasteiger partial charge on any atom is 0.0753 e. The van der Waals surface area contributed by atoms with Gasteiger partial charge in [-0.3, -0.25) is 9.97 Å². The lowest BCUT2D eigenvalue weighted by Gasteiger charge is -2.20. The van der Waals surface area contributed by atoms with E-state index in [1.807, 2.05) is 6.20 Å². The molecule has 0 saturated carbocycles. The average Bonchev–Trinajstić information content (AvgIpc) is 2.84. The van der Waals surface area contributed by atoms with E-state index in [-0.39, 0.29) is 6.04 Å². The molecule has 94 valence electrons. The minimum absolute atomic E-state index is 0.252. The molecule has 1 aromatic rings. The lowest BCUT2D eigenvalue weighted by Crippen LogP contribution is -2.30. The van der Waals surface area contributed by atoms with Crippen molar-refractivity contribution < 1.29 is 4.74 Å². The van der Waals surface area contributed by atoms with Crippen molar-refractivity contribution in [3.8, 4) is 0 Å². The summed E-state index contributed by atoms with van der Waals surface area (Å²) < 4.78 is 5.68. The molecule has 2 heterocycles. The molecule has 1 N–H and O–H groups in total. The molecule has 17 heavy (non-hydrogen) atoms. The van der Waals surface area contributed by atoms with Crippen molar-refractivity contribution in [1.29, 1.82) is 0 Å². The van der Waals surface area contributed by atoms with E-state index in [0.29, 0.717) is 12.0 Å². The fourth-order valence-corrected chi connectivity index (χ4v) is 2.34. The smallest absolute Gasteiger partial charge is 0.0753 e. The molecule has 2 rings (SSSR count). The molecule has 1 aliphatic heterocycles. The third-order valence-corrected chi connectivity index (χ3v) is 3.46. The van der Waals surface area contributed by atoms with Crippen LogP contribution in [0.5, 0.6) is 0 Å². The van der Waals surface area contributed by atoms with Crippen molar-refractivity contribution in [1.82, 2.24) is 15.3 Å². The summed E-state index contributed by atoms with van der Waals surface area (Å²) in [7, 11) is 0. The number of nitrogens with zero attached hydrogens (tertiary/aromatic N) is 2. The summed E-state index contributed by atoms with van der Waals surface area (Å²) in [6, 6.07) is 0.252. The van der Waals surface area contributed by atoms with Crippen LogP contribution >= 0.6 is 0 Å². The summed E-state index contributed by atoms with van der Waals surface area (Å²) in [4.78, 5) is 8.40. The summed E-state index contributed by atoms with van der Waals surface area (Å²) in [6.45, 7) is 6.22. The van der Waals surface area contributed by atoms with Crippen molar-refractivity contribution in [3.63, 3.8) is 0 Å². The third kappa shape index (κ3) is 3.23. The van der Waals surface area contributed by atoms with Crippen LogP contribution in [-0.2, 0) is 4.74 Å². The maximum absolute atomic E-state index is 5.68. The Kier molecular flexibility index (Phi) is 4.45. The summed E-state index contributed by atoms with van der Waals surface area (Å²) in [5.41, 5.74) is 1.000. The highest BCUT2D eigenvalue weighted by Gasteiger charge is 2.26. The number of hydrogen-bond donors (Lipinski definition) is 1. The predicted octanol–water partition coefficient (Wildman–Crippen LogP) is 1.94. The first-order chi connectivity index (χ1) is 8.31. The van der Waals surface area contributed by atoms with Crippen LogP contribution in [0.15, 0.2) is 18.6 Å². The summed E-state index contributed by atoms with van der Waals surface area (Å²) >= 11 is 0. The first kappa shape index (κ1) is 12.5. The van der Waals surface area contributed by atoms with E-state index in [4.69, 9.17) is 4.74 Å². The van der Waals surface area contributed by atoms with Crippen LogP contribution in [0.2, 0.25) is 0 Å². The quantitative estimate of drug-likeness (QED) is 0.847. The Morgan fingerprint density at radius 1 is 1.53 bits per heavy atom. The Morgan fingerprint density at radius 2 is 2.41 bits per heavy atom. The lowest BCUT2D eigenvalue weighted by atomic mass is 9.99. The zero-order valence-corrected chi connectivity index (χ0v) is 10.6. The van der Waals surface area contributed by atoms with Gasteiger partial charge in [0.05, 0.1) is 11.8 Å². The van der Waals surface area contributed by atoms with E-state index in [0.717, 1.165) is 25.3 Å². The Hall–Kier alpha value is -1.00. The van der Waals surface area contributed by atoms with Crippen molar-refractivity contribution in [3.05, 3.63) is 24.3 Å². The highest BCUT2D eigenvalue weighted by atomic mass is 16.5. The Morgan fingerprint density at radius 3 is 3.12 bits per heavy atom. The molecule has 1 aromatic heterocycles. The summed E-state index contributed by atoms with van der Waals surface area (Å²) in [5, 5.41) is 3.52. The van der Waals surface area contributed by atoms with Gasteiger partial charge in [-0.2, -0.15) is 0 Å².